The number of para-hydroxylation sites is 2. The fraction of sp³-hybridized carbons (Fsp3) is 0.242. The smallest absolute Gasteiger partial charge is 0.377 e. The van der Waals surface area contributed by atoms with Crippen molar-refractivity contribution in [3.8, 4) is 11.5 Å². The Kier molecular flexibility index (Phi) is 9.07. The number of aromatic nitrogens is 1. The number of carboxylic acids is 3. The number of benzene rings is 3. The first-order valence-electron chi connectivity index (χ1n) is 14.1. The van der Waals surface area contributed by atoms with Crippen molar-refractivity contribution in [2.24, 2.45) is 0 Å². The van der Waals surface area contributed by atoms with Crippen LogP contribution in [0.1, 0.15) is 24.1 Å². The Balaban J connectivity index is 1.48. The predicted molar refractivity (Wildman–Crippen MR) is 159 cm³/mol. The molecule has 12 nitrogen and oxygen atoms in total. The summed E-state index contributed by atoms with van der Waals surface area (Å²) in [4.78, 5) is 54.9. The summed E-state index contributed by atoms with van der Waals surface area (Å²) in [5.74, 6) is -8.52. The lowest BCUT2D eigenvalue weighted by molar-refractivity contribution is -0.218. The molecular formula is C33H30N2O10. The van der Waals surface area contributed by atoms with Gasteiger partial charge in [-0.05, 0) is 55.3 Å². The van der Waals surface area contributed by atoms with E-state index in [1.807, 2.05) is 78.9 Å². The van der Waals surface area contributed by atoms with E-state index < -0.39 is 60.8 Å². The van der Waals surface area contributed by atoms with Crippen LogP contribution in [0, 0.1) is 0 Å². The maximum absolute atomic E-state index is 13.7. The summed E-state index contributed by atoms with van der Waals surface area (Å²) in [5, 5.41) is 29.6. The minimum atomic E-state index is -3.08. The quantitative estimate of drug-likeness (QED) is 0.197. The summed E-state index contributed by atoms with van der Waals surface area (Å²) < 4.78 is 16.0. The molecule has 12 heteroatoms. The first-order chi connectivity index (χ1) is 21.6. The van der Waals surface area contributed by atoms with Crippen molar-refractivity contribution in [2.45, 2.75) is 37.2 Å². The lowest BCUT2D eigenvalue weighted by Gasteiger charge is -2.35. The van der Waals surface area contributed by atoms with Crippen LogP contribution in [0.3, 0.4) is 0 Å². The molecule has 1 amide bonds. The Morgan fingerprint density at radius 3 is 2.18 bits per heavy atom. The topological polar surface area (TPSA) is 173 Å². The molecule has 2 heterocycles. The highest BCUT2D eigenvalue weighted by atomic mass is 16.8. The third-order valence-corrected chi connectivity index (χ3v) is 7.62. The Hall–Kier alpha value is -5.33. The van der Waals surface area contributed by atoms with E-state index in [4.69, 9.17) is 19.2 Å². The molecule has 0 bridgehead atoms. The van der Waals surface area contributed by atoms with Gasteiger partial charge in [0.1, 0.15) is 18.0 Å². The van der Waals surface area contributed by atoms with Crippen LogP contribution >= 0.6 is 0 Å². The number of rotatable bonds is 12. The van der Waals surface area contributed by atoms with Crippen molar-refractivity contribution in [3.05, 3.63) is 102 Å². The molecule has 1 aromatic heterocycles. The van der Waals surface area contributed by atoms with E-state index in [1.54, 1.807) is 19.1 Å². The highest BCUT2D eigenvalue weighted by Gasteiger charge is 2.58. The molecule has 3 unspecified atom stereocenters. The molecule has 0 spiro atoms. The number of ether oxygens (including phenoxy) is 3. The van der Waals surface area contributed by atoms with Crippen LogP contribution in [0.2, 0.25) is 0 Å². The Bertz CT molecular complexity index is 1700. The molecule has 3 atom stereocenters. The number of carboxylic acid groups (broad SMARTS) is 3. The van der Waals surface area contributed by atoms with Gasteiger partial charge in [0.05, 0.1) is 12.1 Å². The van der Waals surface area contributed by atoms with Gasteiger partial charge in [-0.1, -0.05) is 54.6 Å². The molecule has 1 aliphatic heterocycles. The minimum Gasteiger partial charge on any atom is -0.480 e. The molecule has 1 aliphatic rings. The average Bonchev–Trinajstić information content (AvgIpc) is 3.50. The van der Waals surface area contributed by atoms with E-state index in [-0.39, 0.29) is 0 Å². The first-order valence-corrected chi connectivity index (χ1v) is 14.1. The highest BCUT2D eigenvalue weighted by molar-refractivity contribution is 6.01. The number of aliphatic carboxylic acids is 3. The molecule has 232 valence electrons. The summed E-state index contributed by atoms with van der Waals surface area (Å²) in [6.45, 7) is 0.213. The van der Waals surface area contributed by atoms with Crippen LogP contribution in [0.25, 0.3) is 10.9 Å². The number of hydrogen-bond donors (Lipinski definition) is 3. The largest absolute Gasteiger partial charge is 0.480 e. The molecule has 45 heavy (non-hydrogen) atoms. The summed E-state index contributed by atoms with van der Waals surface area (Å²) in [7, 11) is 0. The third kappa shape index (κ3) is 6.77. The van der Waals surface area contributed by atoms with Crippen LogP contribution in [0.5, 0.6) is 11.5 Å². The van der Waals surface area contributed by atoms with Gasteiger partial charge in [-0.2, -0.15) is 0 Å². The van der Waals surface area contributed by atoms with Gasteiger partial charge in [0.15, 0.2) is 6.10 Å². The van der Waals surface area contributed by atoms with Gasteiger partial charge >= 0.3 is 23.7 Å². The Morgan fingerprint density at radius 1 is 0.889 bits per heavy atom. The van der Waals surface area contributed by atoms with Gasteiger partial charge < -0.3 is 34.4 Å². The molecule has 5 rings (SSSR count). The Morgan fingerprint density at radius 2 is 1.53 bits per heavy atom. The predicted octanol–water partition coefficient (Wildman–Crippen LogP) is 3.94. The number of hydrogen-bond acceptors (Lipinski definition) is 8. The second-order valence-corrected chi connectivity index (χ2v) is 10.5. The zero-order valence-electron chi connectivity index (χ0n) is 24.1. The SMILES string of the molecule is CC(C(Cc1ccc2ccccc2n1)c1ccc(Oc2ccccc2)cc1)N(CC(=O)O)C(=O)C1COC(C(=O)O)(C(=O)O)O1. The molecule has 0 aliphatic carbocycles. The minimum absolute atomic E-state index is 0.296. The van der Waals surface area contributed by atoms with E-state index in [0.29, 0.717) is 23.6 Å². The highest BCUT2D eigenvalue weighted by Crippen LogP contribution is 2.33. The number of nitrogens with zero attached hydrogens (tertiary/aromatic N) is 2. The van der Waals surface area contributed by atoms with Gasteiger partial charge in [0.2, 0.25) is 0 Å². The summed E-state index contributed by atoms with van der Waals surface area (Å²) in [6.07, 6.45) is -1.37. The van der Waals surface area contributed by atoms with E-state index in [9.17, 15) is 34.5 Å². The molecular weight excluding hydrogens is 584 g/mol. The molecule has 1 fully saturated rings. The van der Waals surface area contributed by atoms with E-state index in [1.165, 1.54) is 0 Å². The van der Waals surface area contributed by atoms with Crippen molar-refractivity contribution in [2.75, 3.05) is 13.2 Å². The summed E-state index contributed by atoms with van der Waals surface area (Å²) >= 11 is 0. The lowest BCUT2D eigenvalue weighted by atomic mass is 9.86. The standard InChI is InChI=1S/C33H30N2O10/c1-20(35(18-29(36)37)30(38)28-19-43-33(45-28,31(39)40)32(41)42)26(17-23-14-11-22-7-5-6-10-27(22)34-23)21-12-15-25(16-13-21)44-24-8-3-2-4-9-24/h2-16,20,26,28H,17-19H2,1H3,(H,36,37)(H,39,40)(H,41,42). The van der Waals surface area contributed by atoms with E-state index in [2.05, 4.69) is 0 Å². The third-order valence-electron chi connectivity index (χ3n) is 7.62. The fourth-order valence-corrected chi connectivity index (χ4v) is 5.29. The zero-order chi connectivity index (χ0) is 32.1. The summed E-state index contributed by atoms with van der Waals surface area (Å²) in [5.41, 5.74) is 2.20. The van der Waals surface area contributed by atoms with Crippen molar-refractivity contribution < 1.29 is 48.7 Å². The second-order valence-electron chi connectivity index (χ2n) is 10.5. The molecule has 3 aromatic carbocycles. The van der Waals surface area contributed by atoms with Crippen LogP contribution in [0.15, 0.2) is 91.0 Å². The second kappa shape index (κ2) is 13.1. The molecule has 3 N–H and O–H groups in total. The number of pyridine rings is 1. The van der Waals surface area contributed by atoms with E-state index in [0.717, 1.165) is 21.4 Å². The first kappa shape index (κ1) is 31.1. The van der Waals surface area contributed by atoms with Crippen molar-refractivity contribution in [1.82, 2.24) is 9.88 Å². The number of carbonyl (C=O) groups is 4. The average molecular weight is 615 g/mol. The van der Waals surface area contributed by atoms with E-state index >= 15 is 0 Å². The summed E-state index contributed by atoms with van der Waals surface area (Å²) in [6, 6.07) is 26.9. The van der Waals surface area contributed by atoms with Gasteiger partial charge in [-0.25, -0.2) is 9.59 Å². The van der Waals surface area contributed by atoms with Gasteiger partial charge in [0.25, 0.3) is 5.91 Å². The van der Waals surface area contributed by atoms with Crippen LogP contribution in [-0.4, -0.2) is 80.1 Å². The fourth-order valence-electron chi connectivity index (χ4n) is 5.29. The Labute approximate surface area is 257 Å². The number of carbonyl (C=O) groups excluding carboxylic acids is 1. The maximum Gasteiger partial charge on any atom is 0.377 e. The molecule has 0 radical (unpaired) electrons. The van der Waals surface area contributed by atoms with Crippen LogP contribution in [0.4, 0.5) is 0 Å². The van der Waals surface area contributed by atoms with Gasteiger partial charge in [-0.3, -0.25) is 14.6 Å². The molecule has 1 saturated heterocycles. The molecule has 4 aromatic rings. The monoisotopic (exact) mass is 614 g/mol. The van der Waals surface area contributed by atoms with Crippen LogP contribution in [-0.2, 0) is 35.1 Å². The van der Waals surface area contributed by atoms with Crippen LogP contribution < -0.4 is 4.74 Å². The normalized spacial score (nSPS) is 16.9. The van der Waals surface area contributed by atoms with Crippen molar-refractivity contribution >= 4 is 34.7 Å². The zero-order valence-corrected chi connectivity index (χ0v) is 24.1. The number of fused-ring (bicyclic) bond motifs is 1. The van der Waals surface area contributed by atoms with Crippen molar-refractivity contribution in [1.29, 1.82) is 0 Å². The number of amides is 1. The van der Waals surface area contributed by atoms with Gasteiger partial charge in [0, 0.05) is 23.0 Å². The lowest BCUT2D eigenvalue weighted by Crippen LogP contribution is -2.52. The van der Waals surface area contributed by atoms with Crippen molar-refractivity contribution in [3.63, 3.8) is 0 Å². The molecule has 0 saturated carbocycles. The van der Waals surface area contributed by atoms with Gasteiger partial charge in [-0.15, -0.1) is 0 Å². The maximum atomic E-state index is 13.7.